The highest BCUT2D eigenvalue weighted by Gasteiger charge is 2.34. The van der Waals surface area contributed by atoms with E-state index in [1.807, 2.05) is 0 Å². The van der Waals surface area contributed by atoms with Gasteiger partial charge in [-0.25, -0.2) is 8.78 Å². The maximum atomic E-state index is 14.9. The molecule has 0 aliphatic carbocycles. The van der Waals surface area contributed by atoms with Crippen molar-refractivity contribution in [3.63, 3.8) is 0 Å². The summed E-state index contributed by atoms with van der Waals surface area (Å²) in [5, 5.41) is 2.41. The van der Waals surface area contributed by atoms with Crippen LogP contribution in [0.1, 0.15) is 12.5 Å². The van der Waals surface area contributed by atoms with Crippen LogP contribution < -0.4 is 21.7 Å². The van der Waals surface area contributed by atoms with Crippen LogP contribution in [0, 0.1) is 17.6 Å². The highest BCUT2D eigenvalue weighted by molar-refractivity contribution is 6.31. The van der Waals surface area contributed by atoms with Gasteiger partial charge >= 0.3 is 0 Å². The second kappa shape index (κ2) is 8.95. The third-order valence-electron chi connectivity index (χ3n) is 4.78. The van der Waals surface area contributed by atoms with Crippen molar-refractivity contribution in [2.75, 3.05) is 16.8 Å². The summed E-state index contributed by atoms with van der Waals surface area (Å²) in [4.78, 5) is 26.8. The van der Waals surface area contributed by atoms with Gasteiger partial charge in [-0.1, -0.05) is 23.2 Å². The van der Waals surface area contributed by atoms with E-state index in [4.69, 9.17) is 34.7 Å². The van der Waals surface area contributed by atoms with Crippen molar-refractivity contribution in [3.8, 4) is 0 Å². The molecule has 6 nitrogen and oxygen atoms in total. The summed E-state index contributed by atoms with van der Waals surface area (Å²) in [6, 6.07) is 6.17. The first kappa shape index (κ1) is 22.6. The molecule has 0 fully saturated rings. The molecular formula is C21H18Cl2F2N4O2. The number of nitrogens with two attached hydrogens (primary N) is 2. The topological polar surface area (TPSA) is 101 Å². The van der Waals surface area contributed by atoms with Crippen molar-refractivity contribution in [3.05, 3.63) is 75.5 Å². The molecule has 1 aliphatic rings. The lowest BCUT2D eigenvalue weighted by molar-refractivity contribution is -0.123. The maximum absolute atomic E-state index is 14.9. The fourth-order valence-electron chi connectivity index (χ4n) is 3.26. The van der Waals surface area contributed by atoms with Gasteiger partial charge in [-0.2, -0.15) is 0 Å². The molecule has 1 unspecified atom stereocenters. The second-order valence-electron chi connectivity index (χ2n) is 6.83. The van der Waals surface area contributed by atoms with Gasteiger partial charge in [-0.15, -0.1) is 0 Å². The number of halogens is 4. The lowest BCUT2D eigenvalue weighted by atomic mass is 9.97. The van der Waals surface area contributed by atoms with E-state index in [1.54, 1.807) is 0 Å². The Hall–Kier alpha value is -3.10. The summed E-state index contributed by atoms with van der Waals surface area (Å²) >= 11 is 11.7. The number of benzene rings is 2. The number of carbonyl (C=O) groups excluding carboxylic acids is 2. The quantitative estimate of drug-likeness (QED) is 0.632. The van der Waals surface area contributed by atoms with E-state index in [0.29, 0.717) is 0 Å². The minimum atomic E-state index is -0.877. The number of hydrogen-bond acceptors (Lipinski definition) is 4. The van der Waals surface area contributed by atoms with E-state index in [2.05, 4.69) is 5.32 Å². The zero-order valence-electron chi connectivity index (χ0n) is 16.3. The first-order valence-electron chi connectivity index (χ1n) is 9.07. The third kappa shape index (κ3) is 4.50. The Balaban J connectivity index is 2.04. The van der Waals surface area contributed by atoms with E-state index in [-0.39, 0.29) is 38.3 Å². The number of anilines is 2. The van der Waals surface area contributed by atoms with Gasteiger partial charge in [0.05, 0.1) is 16.6 Å². The van der Waals surface area contributed by atoms with Gasteiger partial charge in [0.25, 0.3) is 0 Å². The molecule has 5 N–H and O–H groups in total. The van der Waals surface area contributed by atoms with Crippen molar-refractivity contribution in [1.82, 2.24) is 0 Å². The lowest BCUT2D eigenvalue weighted by Crippen LogP contribution is -2.41. The highest BCUT2D eigenvalue weighted by Crippen LogP contribution is 2.39. The molecule has 0 radical (unpaired) electrons. The van der Waals surface area contributed by atoms with Crippen LogP contribution in [-0.4, -0.2) is 18.4 Å². The number of carbonyl (C=O) groups is 2. The summed E-state index contributed by atoms with van der Waals surface area (Å²) in [6.45, 7) is 1.04. The molecule has 162 valence electrons. The molecule has 2 aromatic rings. The number of allylic oxidation sites excluding steroid dienone is 2. The van der Waals surface area contributed by atoms with Gasteiger partial charge in [0.1, 0.15) is 18.2 Å². The van der Waals surface area contributed by atoms with Gasteiger partial charge in [0, 0.05) is 27.5 Å². The summed E-state index contributed by atoms with van der Waals surface area (Å²) in [7, 11) is 0. The van der Waals surface area contributed by atoms with E-state index in [0.717, 1.165) is 17.0 Å². The summed E-state index contributed by atoms with van der Waals surface area (Å²) in [6.07, 6.45) is 2.56. The smallest absolute Gasteiger partial charge is 0.244 e. The normalized spacial score (nSPS) is 16.5. The van der Waals surface area contributed by atoms with Crippen LogP contribution in [0.15, 0.2) is 48.3 Å². The Morgan fingerprint density at radius 3 is 2.58 bits per heavy atom. The maximum Gasteiger partial charge on any atom is 0.244 e. The van der Waals surface area contributed by atoms with Crippen molar-refractivity contribution < 1.29 is 18.4 Å². The van der Waals surface area contributed by atoms with Crippen molar-refractivity contribution in [2.24, 2.45) is 17.4 Å². The van der Waals surface area contributed by atoms with Crippen LogP contribution in [0.5, 0.6) is 0 Å². The highest BCUT2D eigenvalue weighted by atomic mass is 35.5. The predicted molar refractivity (Wildman–Crippen MR) is 117 cm³/mol. The Labute approximate surface area is 187 Å². The van der Waals surface area contributed by atoms with E-state index < -0.39 is 35.9 Å². The van der Waals surface area contributed by atoms with Crippen LogP contribution >= 0.6 is 23.2 Å². The molecule has 1 heterocycles. The molecular weight excluding hydrogens is 449 g/mol. The first-order valence-corrected chi connectivity index (χ1v) is 9.83. The molecule has 1 atom stereocenters. The van der Waals surface area contributed by atoms with Gasteiger partial charge in [0.2, 0.25) is 11.8 Å². The van der Waals surface area contributed by atoms with Gasteiger partial charge in [-0.05, 0) is 49.5 Å². The molecule has 0 saturated heterocycles. The van der Waals surface area contributed by atoms with Crippen LogP contribution in [0.25, 0.3) is 5.57 Å². The molecule has 2 amide bonds. The molecule has 0 bridgehead atoms. The van der Waals surface area contributed by atoms with Crippen molar-refractivity contribution >= 4 is 52.0 Å². The van der Waals surface area contributed by atoms with E-state index in [9.17, 15) is 18.4 Å². The Morgan fingerprint density at radius 2 is 1.94 bits per heavy atom. The fraction of sp³-hybridized carbons (Fsp3) is 0.143. The van der Waals surface area contributed by atoms with Crippen molar-refractivity contribution in [1.29, 1.82) is 0 Å². The van der Waals surface area contributed by atoms with Gasteiger partial charge < -0.3 is 21.7 Å². The Morgan fingerprint density at radius 1 is 1.23 bits per heavy atom. The van der Waals surface area contributed by atoms with E-state index >= 15 is 0 Å². The second-order valence-corrected chi connectivity index (χ2v) is 7.68. The summed E-state index contributed by atoms with van der Waals surface area (Å²) < 4.78 is 28.6. The molecule has 10 heteroatoms. The van der Waals surface area contributed by atoms with Gasteiger partial charge in [0.15, 0.2) is 0 Å². The monoisotopic (exact) mass is 466 g/mol. The third-order valence-corrected chi connectivity index (χ3v) is 5.30. The number of nitrogens with zero attached hydrogens (tertiary/aromatic N) is 1. The minimum Gasteiger partial charge on any atom is -0.405 e. The molecule has 1 aliphatic heterocycles. The van der Waals surface area contributed by atoms with Gasteiger partial charge in [-0.3, -0.25) is 9.59 Å². The average Bonchev–Trinajstić information content (AvgIpc) is 2.77. The molecule has 2 aromatic carbocycles. The van der Waals surface area contributed by atoms with Crippen LogP contribution in [0.4, 0.5) is 20.2 Å². The first-order chi connectivity index (χ1) is 14.6. The molecule has 3 rings (SSSR count). The number of hydrogen-bond donors (Lipinski definition) is 3. The summed E-state index contributed by atoms with van der Waals surface area (Å²) in [5.41, 5.74) is 12.1. The van der Waals surface area contributed by atoms with Crippen LogP contribution in [-0.2, 0) is 9.59 Å². The zero-order valence-corrected chi connectivity index (χ0v) is 17.8. The lowest BCUT2D eigenvalue weighted by Gasteiger charge is -2.25. The molecule has 0 aromatic heterocycles. The summed E-state index contributed by atoms with van der Waals surface area (Å²) in [5.74, 6) is -3.51. The fourth-order valence-corrected chi connectivity index (χ4v) is 3.58. The van der Waals surface area contributed by atoms with Crippen molar-refractivity contribution in [2.45, 2.75) is 6.92 Å². The SMILES string of the molecule is CC1C(=O)N(CC(=O)Nc2ccc(Cl)c(F)c2)c2cc(Cl)cc(F)c2C(/C=C\N)=C1N. The van der Waals surface area contributed by atoms with E-state index in [1.165, 1.54) is 37.4 Å². The standard InChI is InChI=1S/C21H18Cl2F2N4O2/c1-10-20(27)13(4-5-26)19-16(25)6-11(22)7-17(19)29(21(10)31)9-18(30)28-12-2-3-14(23)15(24)8-12/h2-8,10H,9,26-27H2,1H3,(H,28,30)/b5-4-. The molecule has 0 saturated carbocycles. The largest absolute Gasteiger partial charge is 0.405 e. The molecule has 0 spiro atoms. The Kier molecular flexibility index (Phi) is 6.52. The van der Waals surface area contributed by atoms with Crippen LogP contribution in [0.2, 0.25) is 10.0 Å². The number of nitrogens with one attached hydrogen (secondary N) is 1. The Bertz CT molecular complexity index is 1130. The van der Waals surface area contributed by atoms with Crippen LogP contribution in [0.3, 0.4) is 0 Å². The number of amides is 2. The molecule has 31 heavy (non-hydrogen) atoms. The zero-order chi connectivity index (χ0) is 22.9. The number of fused-ring (bicyclic) bond motifs is 1. The minimum absolute atomic E-state index is 0.00774. The number of rotatable bonds is 4. The predicted octanol–water partition coefficient (Wildman–Crippen LogP) is 4.04. The average molecular weight is 467 g/mol.